The lowest BCUT2D eigenvalue weighted by Crippen LogP contribution is -1.81. The van der Waals surface area contributed by atoms with Crippen molar-refractivity contribution in [2.45, 2.75) is 13.3 Å². The van der Waals surface area contributed by atoms with E-state index in [-0.39, 0.29) is 1.43 Å². The van der Waals surface area contributed by atoms with Gasteiger partial charge in [0, 0.05) is 1.43 Å². The molecule has 10 heavy (non-hydrogen) atoms. The molecular weight excluding hydrogens is 120 g/mol. The fraction of sp³-hybridized carbons (Fsp3) is 0.200. The molecule has 0 bridgehead atoms. The maximum absolute atomic E-state index is 2.26. The molecule has 0 unspecified atom stereocenters. The van der Waals surface area contributed by atoms with Gasteiger partial charge in [-0.3, -0.25) is 0 Å². The lowest BCUT2D eigenvalue weighted by atomic mass is 10.1. The number of hydrogen-bond acceptors (Lipinski definition) is 0. The summed E-state index contributed by atoms with van der Waals surface area (Å²) in [5.41, 5.74) is 4.23. The molecular formula is C10H12. The summed E-state index contributed by atoms with van der Waals surface area (Å²) in [4.78, 5) is 0. The van der Waals surface area contributed by atoms with Gasteiger partial charge >= 0.3 is 0 Å². The van der Waals surface area contributed by atoms with Crippen LogP contribution in [0.4, 0.5) is 0 Å². The fourth-order valence-electron chi connectivity index (χ4n) is 1.39. The summed E-state index contributed by atoms with van der Waals surface area (Å²) in [6.07, 6.45) is 5.52. The van der Waals surface area contributed by atoms with Gasteiger partial charge in [-0.2, -0.15) is 0 Å². The molecule has 1 aromatic rings. The van der Waals surface area contributed by atoms with Gasteiger partial charge in [-0.1, -0.05) is 35.9 Å². The van der Waals surface area contributed by atoms with Crippen LogP contribution in [0.5, 0.6) is 0 Å². The summed E-state index contributed by atoms with van der Waals surface area (Å²) in [6, 6.07) is 6.61. The van der Waals surface area contributed by atoms with E-state index in [0.717, 1.165) is 6.42 Å². The largest absolute Gasteiger partial charge is 0.0795 e. The summed E-state index contributed by atoms with van der Waals surface area (Å²) in [5.74, 6) is 0. The Labute approximate surface area is 62.7 Å². The predicted octanol–water partition coefficient (Wildman–Crippen LogP) is 2.81. The van der Waals surface area contributed by atoms with Crippen LogP contribution < -0.4 is 0 Å². The van der Waals surface area contributed by atoms with Crippen molar-refractivity contribution in [1.82, 2.24) is 0 Å². The Hall–Kier alpha value is -1.04. The summed E-state index contributed by atoms with van der Waals surface area (Å²) >= 11 is 0. The van der Waals surface area contributed by atoms with E-state index in [1.165, 1.54) is 16.7 Å². The second-order valence-corrected chi connectivity index (χ2v) is 2.81. The molecule has 0 amide bonds. The second-order valence-electron chi connectivity index (χ2n) is 2.81. The van der Waals surface area contributed by atoms with Gasteiger partial charge in [-0.05, 0) is 24.5 Å². The highest BCUT2D eigenvalue weighted by Crippen LogP contribution is 2.19. The predicted molar refractivity (Wildman–Crippen MR) is 46.0 cm³/mol. The number of rotatable bonds is 0. The number of benzene rings is 1. The number of allylic oxidation sites excluding steroid dienone is 1. The quantitative estimate of drug-likeness (QED) is 0.509. The van der Waals surface area contributed by atoms with Gasteiger partial charge in [0.2, 0.25) is 0 Å². The number of hydrogen-bond donors (Lipinski definition) is 0. The van der Waals surface area contributed by atoms with E-state index in [0.29, 0.717) is 0 Å². The molecule has 0 aromatic heterocycles. The Morgan fingerprint density at radius 1 is 1.40 bits per heavy atom. The first-order valence-corrected chi connectivity index (χ1v) is 3.62. The third-order valence-corrected chi connectivity index (χ3v) is 1.93. The van der Waals surface area contributed by atoms with Gasteiger partial charge in [0.15, 0.2) is 0 Å². The molecule has 0 saturated heterocycles. The lowest BCUT2D eigenvalue weighted by molar-refractivity contribution is 1.28. The van der Waals surface area contributed by atoms with Crippen LogP contribution in [0.2, 0.25) is 0 Å². The zero-order valence-electron chi connectivity index (χ0n) is 6.09. The summed E-state index contributed by atoms with van der Waals surface area (Å²) in [6.45, 7) is 2.14. The molecule has 0 heteroatoms. The topological polar surface area (TPSA) is 0 Å². The molecule has 0 fully saturated rings. The van der Waals surface area contributed by atoms with Crippen LogP contribution >= 0.6 is 0 Å². The summed E-state index contributed by atoms with van der Waals surface area (Å²) < 4.78 is 0. The van der Waals surface area contributed by atoms with Crippen molar-refractivity contribution in [1.29, 1.82) is 0 Å². The highest BCUT2D eigenvalue weighted by molar-refractivity contribution is 5.60. The first-order valence-electron chi connectivity index (χ1n) is 3.62. The van der Waals surface area contributed by atoms with Crippen molar-refractivity contribution < 1.29 is 1.43 Å². The van der Waals surface area contributed by atoms with Crippen LogP contribution in [0.15, 0.2) is 24.3 Å². The Morgan fingerprint density at radius 2 is 2.30 bits per heavy atom. The lowest BCUT2D eigenvalue weighted by Gasteiger charge is -1.98. The van der Waals surface area contributed by atoms with Gasteiger partial charge in [-0.15, -0.1) is 0 Å². The number of fused-ring (bicyclic) bond motifs is 1. The zero-order valence-corrected chi connectivity index (χ0v) is 6.09. The molecule has 0 spiro atoms. The van der Waals surface area contributed by atoms with Gasteiger partial charge in [0.25, 0.3) is 0 Å². The van der Waals surface area contributed by atoms with Gasteiger partial charge in [-0.25, -0.2) is 0 Å². The van der Waals surface area contributed by atoms with E-state index < -0.39 is 0 Å². The van der Waals surface area contributed by atoms with Crippen LogP contribution in [0.3, 0.4) is 0 Å². The first kappa shape index (κ1) is 5.72. The highest BCUT2D eigenvalue weighted by atomic mass is 14.1. The van der Waals surface area contributed by atoms with Crippen LogP contribution in [-0.4, -0.2) is 0 Å². The molecule has 0 atom stereocenters. The van der Waals surface area contributed by atoms with Crippen molar-refractivity contribution >= 4 is 6.08 Å². The average molecular weight is 132 g/mol. The van der Waals surface area contributed by atoms with Crippen molar-refractivity contribution in [3.05, 3.63) is 41.0 Å². The maximum Gasteiger partial charge on any atom is 0 e. The zero-order chi connectivity index (χ0) is 6.97. The standard InChI is InChI=1S/C10H10.H2/c1-8-5-6-9-3-2-4-10(9)7-8;/h2-3,5-7H,4H2,1H3;1H. The smallest absolute Gasteiger partial charge is 0 e. The molecule has 52 valence electrons. The van der Waals surface area contributed by atoms with E-state index in [2.05, 4.69) is 37.3 Å². The van der Waals surface area contributed by atoms with Crippen LogP contribution in [0.1, 0.15) is 18.1 Å². The van der Waals surface area contributed by atoms with Gasteiger partial charge in [0.05, 0.1) is 0 Å². The third kappa shape index (κ3) is 0.766. The Bertz CT molecular complexity index is 287. The van der Waals surface area contributed by atoms with Crippen molar-refractivity contribution in [3.63, 3.8) is 0 Å². The molecule has 0 radical (unpaired) electrons. The molecule has 0 aliphatic heterocycles. The van der Waals surface area contributed by atoms with Crippen molar-refractivity contribution in [3.8, 4) is 0 Å². The minimum atomic E-state index is 0. The Balaban J connectivity index is 0.000000605. The van der Waals surface area contributed by atoms with E-state index in [1.807, 2.05) is 0 Å². The van der Waals surface area contributed by atoms with E-state index in [1.54, 1.807) is 0 Å². The molecule has 1 aliphatic rings. The molecule has 0 heterocycles. The summed E-state index contributed by atoms with van der Waals surface area (Å²) in [5, 5.41) is 0. The number of aryl methyl sites for hydroxylation is 1. The normalized spacial score (nSPS) is 13.7. The van der Waals surface area contributed by atoms with Gasteiger partial charge < -0.3 is 0 Å². The van der Waals surface area contributed by atoms with Crippen LogP contribution in [-0.2, 0) is 6.42 Å². The highest BCUT2D eigenvalue weighted by Gasteiger charge is 2.02. The van der Waals surface area contributed by atoms with Gasteiger partial charge in [0.1, 0.15) is 0 Å². The monoisotopic (exact) mass is 132 g/mol. The SMILES string of the molecule is Cc1ccc2c(c1)CC=C2.[HH]. The molecule has 0 N–H and O–H groups in total. The van der Waals surface area contributed by atoms with E-state index in [9.17, 15) is 0 Å². The minimum absolute atomic E-state index is 0. The molecule has 0 nitrogen and oxygen atoms in total. The van der Waals surface area contributed by atoms with Crippen LogP contribution in [0, 0.1) is 6.92 Å². The second kappa shape index (κ2) is 1.98. The van der Waals surface area contributed by atoms with Crippen LogP contribution in [0.25, 0.3) is 6.08 Å². The molecule has 2 rings (SSSR count). The third-order valence-electron chi connectivity index (χ3n) is 1.93. The van der Waals surface area contributed by atoms with E-state index in [4.69, 9.17) is 0 Å². The Kier molecular flexibility index (Phi) is 1.13. The molecule has 0 saturated carbocycles. The minimum Gasteiger partial charge on any atom is -0.0795 e. The maximum atomic E-state index is 2.26. The van der Waals surface area contributed by atoms with Crippen molar-refractivity contribution in [2.75, 3.05) is 0 Å². The molecule has 1 aromatic carbocycles. The fourth-order valence-corrected chi connectivity index (χ4v) is 1.39. The first-order chi connectivity index (χ1) is 4.86. The van der Waals surface area contributed by atoms with Crippen molar-refractivity contribution in [2.24, 2.45) is 0 Å². The Morgan fingerprint density at radius 3 is 3.20 bits per heavy atom. The average Bonchev–Trinajstić information content (AvgIpc) is 2.33. The summed E-state index contributed by atoms with van der Waals surface area (Å²) in [7, 11) is 0. The van der Waals surface area contributed by atoms with E-state index >= 15 is 0 Å². The molecule has 1 aliphatic carbocycles.